The Labute approximate surface area is 214 Å². The first-order valence-corrected chi connectivity index (χ1v) is 12.5. The van der Waals surface area contributed by atoms with Gasteiger partial charge in [0.2, 0.25) is 5.78 Å². The van der Waals surface area contributed by atoms with Crippen molar-refractivity contribution in [2.24, 2.45) is 0 Å². The van der Waals surface area contributed by atoms with Gasteiger partial charge in [-0.1, -0.05) is 96.0 Å². The molecule has 0 aliphatic rings. The minimum Gasteiger partial charge on any atom is -0.489 e. The summed E-state index contributed by atoms with van der Waals surface area (Å²) in [5.41, 5.74) is 3.45. The van der Waals surface area contributed by atoms with E-state index in [9.17, 15) is 4.79 Å². The third-order valence-corrected chi connectivity index (χ3v) is 6.88. The molecule has 0 atom stereocenters. The lowest BCUT2D eigenvalue weighted by molar-refractivity contribution is 0.104. The standard InChI is InChI=1S/C29H22Cl2O2S/c30-26-12-6-4-10-23(26)20-34-28(29(32)25-11-5-7-13-27(25)31)18-21-14-16-24(17-15-21)33-19-22-8-2-1-3-9-22/h1-18H,19-20H2/b28-18+. The molecule has 0 aromatic heterocycles. The number of carbonyl (C=O) groups is 1. The van der Waals surface area contributed by atoms with Crippen LogP contribution in [0.1, 0.15) is 27.0 Å². The molecule has 4 aromatic carbocycles. The van der Waals surface area contributed by atoms with Gasteiger partial charge < -0.3 is 4.74 Å². The number of hydrogen-bond donors (Lipinski definition) is 0. The SMILES string of the molecule is O=C(/C(=C\c1ccc(OCc2ccccc2)cc1)SCc1ccccc1Cl)c1ccccc1Cl. The first-order chi connectivity index (χ1) is 16.6. The molecule has 0 aliphatic carbocycles. The van der Waals surface area contributed by atoms with E-state index in [2.05, 4.69) is 0 Å². The molecule has 4 aromatic rings. The molecule has 34 heavy (non-hydrogen) atoms. The molecule has 4 rings (SSSR count). The van der Waals surface area contributed by atoms with Crippen LogP contribution in [-0.2, 0) is 12.4 Å². The van der Waals surface area contributed by atoms with Crippen LogP contribution >= 0.6 is 35.0 Å². The number of carbonyl (C=O) groups excluding carboxylic acids is 1. The van der Waals surface area contributed by atoms with Gasteiger partial charge in [-0.2, -0.15) is 0 Å². The van der Waals surface area contributed by atoms with Crippen molar-refractivity contribution in [3.63, 3.8) is 0 Å². The number of allylic oxidation sites excluding steroid dienone is 1. The zero-order chi connectivity index (χ0) is 23.8. The summed E-state index contributed by atoms with van der Waals surface area (Å²) in [5, 5.41) is 1.11. The second-order valence-electron chi connectivity index (χ2n) is 7.54. The number of Topliss-reactive ketones (excluding diaryl/α,β-unsaturated/α-hetero) is 1. The zero-order valence-electron chi connectivity index (χ0n) is 18.3. The summed E-state index contributed by atoms with van der Waals surface area (Å²) < 4.78 is 5.88. The number of hydrogen-bond acceptors (Lipinski definition) is 3. The van der Waals surface area contributed by atoms with Gasteiger partial charge >= 0.3 is 0 Å². The topological polar surface area (TPSA) is 26.3 Å². The van der Waals surface area contributed by atoms with E-state index in [-0.39, 0.29) is 5.78 Å². The summed E-state index contributed by atoms with van der Waals surface area (Å²) in [4.78, 5) is 14.0. The molecule has 0 fully saturated rings. The molecule has 0 spiro atoms. The van der Waals surface area contributed by atoms with Crippen LogP contribution in [0.5, 0.6) is 5.75 Å². The van der Waals surface area contributed by atoms with Crippen LogP contribution < -0.4 is 4.74 Å². The first kappa shape index (κ1) is 24.2. The molecule has 0 amide bonds. The maximum absolute atomic E-state index is 13.4. The zero-order valence-corrected chi connectivity index (χ0v) is 20.6. The second kappa shape index (κ2) is 11.9. The number of rotatable bonds is 9. The lowest BCUT2D eigenvalue weighted by Gasteiger charge is -2.10. The van der Waals surface area contributed by atoms with Crippen molar-refractivity contribution in [1.29, 1.82) is 0 Å². The maximum Gasteiger partial charge on any atom is 0.200 e. The van der Waals surface area contributed by atoms with Crippen LogP contribution in [0.2, 0.25) is 10.0 Å². The summed E-state index contributed by atoms with van der Waals surface area (Å²) in [7, 11) is 0. The van der Waals surface area contributed by atoms with Gasteiger partial charge in [-0.3, -0.25) is 4.79 Å². The van der Waals surface area contributed by atoms with Crippen molar-refractivity contribution < 1.29 is 9.53 Å². The maximum atomic E-state index is 13.4. The van der Waals surface area contributed by atoms with Crippen LogP contribution in [0.25, 0.3) is 6.08 Å². The van der Waals surface area contributed by atoms with Crippen molar-refractivity contribution >= 4 is 46.8 Å². The van der Waals surface area contributed by atoms with Gasteiger partial charge in [0.15, 0.2) is 0 Å². The number of halogens is 2. The van der Waals surface area contributed by atoms with Crippen LogP contribution in [0.3, 0.4) is 0 Å². The fourth-order valence-corrected chi connectivity index (χ4v) is 4.80. The molecule has 0 bridgehead atoms. The highest BCUT2D eigenvalue weighted by molar-refractivity contribution is 8.03. The molecule has 0 radical (unpaired) electrons. The lowest BCUT2D eigenvalue weighted by Crippen LogP contribution is -2.02. The van der Waals surface area contributed by atoms with Crippen LogP contribution in [-0.4, -0.2) is 5.78 Å². The number of ether oxygens (including phenoxy) is 1. The van der Waals surface area contributed by atoms with Crippen LogP contribution in [0, 0.1) is 0 Å². The smallest absolute Gasteiger partial charge is 0.200 e. The Bertz CT molecular complexity index is 1290. The summed E-state index contributed by atoms with van der Waals surface area (Å²) >= 11 is 14.1. The minimum absolute atomic E-state index is 0.118. The first-order valence-electron chi connectivity index (χ1n) is 10.7. The van der Waals surface area contributed by atoms with E-state index >= 15 is 0 Å². The molecule has 0 unspecified atom stereocenters. The molecular formula is C29H22Cl2O2S. The second-order valence-corrected chi connectivity index (χ2v) is 9.37. The van der Waals surface area contributed by atoms with E-state index in [1.165, 1.54) is 11.8 Å². The van der Waals surface area contributed by atoms with Gasteiger partial charge in [0.1, 0.15) is 12.4 Å². The molecule has 170 valence electrons. The fraction of sp³-hybridized carbons (Fsp3) is 0.0690. The molecule has 0 saturated heterocycles. The quantitative estimate of drug-likeness (QED) is 0.168. The van der Waals surface area contributed by atoms with Crippen LogP contribution in [0.4, 0.5) is 0 Å². The predicted molar refractivity (Wildman–Crippen MR) is 144 cm³/mol. The van der Waals surface area contributed by atoms with Crippen molar-refractivity contribution in [2.45, 2.75) is 12.4 Å². The number of thioether (sulfide) groups is 1. The van der Waals surface area contributed by atoms with Crippen molar-refractivity contribution in [2.75, 3.05) is 0 Å². The Morgan fingerprint density at radius 1 is 0.765 bits per heavy atom. The van der Waals surface area contributed by atoms with Crippen molar-refractivity contribution in [1.82, 2.24) is 0 Å². The average molecular weight is 505 g/mol. The van der Waals surface area contributed by atoms with Gasteiger partial charge in [-0.05, 0) is 53.1 Å². The van der Waals surface area contributed by atoms with Crippen molar-refractivity contribution in [3.05, 3.63) is 140 Å². The average Bonchev–Trinajstić information content (AvgIpc) is 2.87. The molecule has 0 aliphatic heterocycles. The highest BCUT2D eigenvalue weighted by Crippen LogP contribution is 2.31. The van der Waals surface area contributed by atoms with E-state index in [1.807, 2.05) is 97.1 Å². The largest absolute Gasteiger partial charge is 0.489 e. The van der Waals surface area contributed by atoms with E-state index in [0.717, 1.165) is 22.4 Å². The Kier molecular flexibility index (Phi) is 8.48. The number of ketones is 1. The van der Waals surface area contributed by atoms with Gasteiger partial charge in [0.05, 0.1) is 9.93 Å². The Hall–Kier alpha value is -2.98. The molecular weight excluding hydrogens is 483 g/mol. The Morgan fingerprint density at radius 2 is 1.41 bits per heavy atom. The third kappa shape index (κ3) is 6.54. The normalized spacial score (nSPS) is 11.3. The van der Waals surface area contributed by atoms with E-state index < -0.39 is 0 Å². The third-order valence-electron chi connectivity index (χ3n) is 5.11. The lowest BCUT2D eigenvalue weighted by atomic mass is 10.1. The van der Waals surface area contributed by atoms with E-state index in [4.69, 9.17) is 27.9 Å². The highest BCUT2D eigenvalue weighted by Gasteiger charge is 2.17. The van der Waals surface area contributed by atoms with Crippen molar-refractivity contribution in [3.8, 4) is 5.75 Å². The Morgan fingerprint density at radius 3 is 2.12 bits per heavy atom. The van der Waals surface area contributed by atoms with Gasteiger partial charge in [0.25, 0.3) is 0 Å². The fourth-order valence-electron chi connectivity index (χ4n) is 3.27. The van der Waals surface area contributed by atoms with E-state index in [1.54, 1.807) is 12.1 Å². The van der Waals surface area contributed by atoms with Gasteiger partial charge in [-0.25, -0.2) is 0 Å². The van der Waals surface area contributed by atoms with Gasteiger partial charge in [0, 0.05) is 16.3 Å². The van der Waals surface area contributed by atoms with Gasteiger partial charge in [-0.15, -0.1) is 11.8 Å². The number of benzene rings is 4. The molecule has 5 heteroatoms. The highest BCUT2D eigenvalue weighted by atomic mass is 35.5. The van der Waals surface area contributed by atoms with E-state index in [0.29, 0.717) is 32.9 Å². The molecule has 0 saturated carbocycles. The minimum atomic E-state index is -0.118. The summed E-state index contributed by atoms with van der Waals surface area (Å²) in [5.74, 6) is 1.22. The predicted octanol–water partition coefficient (Wildman–Crippen LogP) is 8.73. The molecule has 0 N–H and O–H groups in total. The molecule has 2 nitrogen and oxygen atoms in total. The Balaban J connectivity index is 1.54. The monoisotopic (exact) mass is 504 g/mol. The summed E-state index contributed by atoms with van der Waals surface area (Å²) in [6, 6.07) is 32.5. The van der Waals surface area contributed by atoms with Crippen LogP contribution in [0.15, 0.2) is 108 Å². The molecule has 0 heterocycles. The summed E-state index contributed by atoms with van der Waals surface area (Å²) in [6.07, 6.45) is 1.88. The summed E-state index contributed by atoms with van der Waals surface area (Å²) in [6.45, 7) is 0.500.